The molecule has 1 aromatic carbocycles. The molecule has 19 heavy (non-hydrogen) atoms. The van der Waals surface area contributed by atoms with Gasteiger partial charge in [-0.1, -0.05) is 48.0 Å². The van der Waals surface area contributed by atoms with Crippen molar-refractivity contribution in [3.63, 3.8) is 0 Å². The van der Waals surface area contributed by atoms with Crippen molar-refractivity contribution in [3.05, 3.63) is 34.3 Å². The average Bonchev–Trinajstić information content (AvgIpc) is 2.35. The summed E-state index contributed by atoms with van der Waals surface area (Å²) in [5.41, 5.74) is 0.680. The van der Waals surface area contributed by atoms with Gasteiger partial charge >= 0.3 is 0 Å². The number of nitrogens with zero attached hydrogens (tertiary/aromatic N) is 1. The Morgan fingerprint density at radius 2 is 1.89 bits per heavy atom. The van der Waals surface area contributed by atoms with Gasteiger partial charge in [0.2, 0.25) is 0 Å². The van der Waals surface area contributed by atoms with Crippen molar-refractivity contribution >= 4 is 15.9 Å². The maximum atomic E-state index is 10.8. The van der Waals surface area contributed by atoms with E-state index in [2.05, 4.69) is 40.7 Å². The standard InChI is InChI=1S/C16H24BrNO/c1-13(2)12-18-9-7-16(19,8-10-18)11-14-5-3-4-6-15(14)17/h3-6,13,19H,7-12H2,1-2H3. The molecule has 1 fully saturated rings. The van der Waals surface area contributed by atoms with E-state index in [1.165, 1.54) is 5.56 Å². The first-order valence-corrected chi connectivity index (χ1v) is 7.96. The minimum atomic E-state index is -0.530. The Kier molecular flexibility index (Phi) is 5.04. The third-order valence-corrected chi connectivity index (χ3v) is 4.66. The summed E-state index contributed by atoms with van der Waals surface area (Å²) in [4.78, 5) is 2.47. The number of benzene rings is 1. The minimum absolute atomic E-state index is 0.530. The van der Waals surface area contributed by atoms with Crippen LogP contribution in [-0.4, -0.2) is 35.2 Å². The highest BCUT2D eigenvalue weighted by atomic mass is 79.9. The summed E-state index contributed by atoms with van der Waals surface area (Å²) >= 11 is 3.57. The molecule has 3 heteroatoms. The van der Waals surface area contributed by atoms with E-state index >= 15 is 0 Å². The molecule has 0 aliphatic carbocycles. The molecule has 106 valence electrons. The smallest absolute Gasteiger partial charge is 0.0712 e. The topological polar surface area (TPSA) is 23.5 Å². The van der Waals surface area contributed by atoms with Gasteiger partial charge in [0.1, 0.15) is 0 Å². The Labute approximate surface area is 124 Å². The zero-order chi connectivity index (χ0) is 13.9. The average molecular weight is 326 g/mol. The molecule has 1 aromatic rings. The summed E-state index contributed by atoms with van der Waals surface area (Å²) in [5, 5.41) is 10.8. The molecule has 0 aromatic heterocycles. The number of hydrogen-bond donors (Lipinski definition) is 1. The van der Waals surface area contributed by atoms with Crippen LogP contribution in [0.15, 0.2) is 28.7 Å². The lowest BCUT2D eigenvalue weighted by Crippen LogP contribution is -2.46. The number of rotatable bonds is 4. The molecule has 0 atom stereocenters. The fraction of sp³-hybridized carbons (Fsp3) is 0.625. The van der Waals surface area contributed by atoms with Gasteiger partial charge in [0, 0.05) is 30.5 Å². The molecule has 0 unspecified atom stereocenters. The maximum absolute atomic E-state index is 10.8. The first kappa shape index (κ1) is 15.0. The summed E-state index contributed by atoms with van der Waals surface area (Å²) in [7, 11) is 0. The van der Waals surface area contributed by atoms with E-state index in [9.17, 15) is 5.11 Å². The van der Waals surface area contributed by atoms with Crippen LogP contribution in [0.4, 0.5) is 0 Å². The van der Waals surface area contributed by atoms with Crippen molar-refractivity contribution in [1.29, 1.82) is 0 Å². The normalized spacial score (nSPS) is 19.8. The van der Waals surface area contributed by atoms with E-state index in [4.69, 9.17) is 0 Å². The molecule has 1 saturated heterocycles. The first-order chi connectivity index (χ1) is 8.98. The van der Waals surface area contributed by atoms with Gasteiger partial charge in [-0.15, -0.1) is 0 Å². The second-order valence-corrected chi connectivity index (χ2v) is 7.04. The highest BCUT2D eigenvalue weighted by molar-refractivity contribution is 9.10. The molecule has 0 amide bonds. The minimum Gasteiger partial charge on any atom is -0.389 e. The first-order valence-electron chi connectivity index (χ1n) is 7.17. The molecule has 2 nitrogen and oxygen atoms in total. The van der Waals surface area contributed by atoms with E-state index in [1.54, 1.807) is 0 Å². The third-order valence-electron chi connectivity index (χ3n) is 3.89. The fourth-order valence-electron chi connectivity index (χ4n) is 2.84. The van der Waals surface area contributed by atoms with Gasteiger partial charge in [-0.05, 0) is 30.4 Å². The monoisotopic (exact) mass is 325 g/mol. The predicted molar refractivity (Wildman–Crippen MR) is 83.3 cm³/mol. The molecule has 0 spiro atoms. The van der Waals surface area contributed by atoms with Crippen LogP contribution in [-0.2, 0) is 6.42 Å². The molecule has 0 radical (unpaired) electrons. The summed E-state index contributed by atoms with van der Waals surface area (Å²) in [6.45, 7) is 7.67. The molecule has 0 saturated carbocycles. The predicted octanol–water partition coefficient (Wildman–Crippen LogP) is 3.47. The maximum Gasteiger partial charge on any atom is 0.0712 e. The second kappa shape index (κ2) is 6.38. The van der Waals surface area contributed by atoms with E-state index < -0.39 is 5.60 Å². The van der Waals surface area contributed by atoms with E-state index in [-0.39, 0.29) is 0 Å². The van der Waals surface area contributed by atoms with Gasteiger partial charge < -0.3 is 10.0 Å². The van der Waals surface area contributed by atoms with Gasteiger partial charge in [0.15, 0.2) is 0 Å². The number of halogens is 1. The number of likely N-dealkylation sites (tertiary alicyclic amines) is 1. The molecule has 2 rings (SSSR count). The summed E-state index contributed by atoms with van der Waals surface area (Å²) in [5.74, 6) is 0.703. The highest BCUT2D eigenvalue weighted by Crippen LogP contribution is 2.29. The van der Waals surface area contributed by atoms with Crippen LogP contribution in [0.25, 0.3) is 0 Å². The molecular weight excluding hydrogens is 302 g/mol. The Hall–Kier alpha value is -0.380. The van der Waals surface area contributed by atoms with Crippen molar-refractivity contribution in [1.82, 2.24) is 4.90 Å². The summed E-state index contributed by atoms with van der Waals surface area (Å²) in [6, 6.07) is 8.20. The molecule has 0 bridgehead atoms. The van der Waals surface area contributed by atoms with E-state index in [0.717, 1.165) is 43.4 Å². The molecule has 1 heterocycles. The van der Waals surface area contributed by atoms with Crippen molar-refractivity contribution in [3.8, 4) is 0 Å². The van der Waals surface area contributed by atoms with Crippen molar-refractivity contribution in [2.45, 2.75) is 38.7 Å². The Morgan fingerprint density at radius 3 is 2.47 bits per heavy atom. The SMILES string of the molecule is CC(C)CN1CCC(O)(Cc2ccccc2Br)CC1. The Morgan fingerprint density at radius 1 is 1.26 bits per heavy atom. The van der Waals surface area contributed by atoms with Crippen LogP contribution in [0.2, 0.25) is 0 Å². The van der Waals surface area contributed by atoms with Gasteiger partial charge in [-0.2, -0.15) is 0 Å². The van der Waals surface area contributed by atoms with Crippen LogP contribution in [0.3, 0.4) is 0 Å². The fourth-order valence-corrected chi connectivity index (χ4v) is 3.27. The van der Waals surface area contributed by atoms with Gasteiger partial charge in [-0.25, -0.2) is 0 Å². The van der Waals surface area contributed by atoms with Crippen LogP contribution >= 0.6 is 15.9 Å². The summed E-state index contributed by atoms with van der Waals surface area (Å²) < 4.78 is 1.10. The van der Waals surface area contributed by atoms with Gasteiger partial charge in [-0.3, -0.25) is 0 Å². The molecule has 1 aliphatic heterocycles. The lowest BCUT2D eigenvalue weighted by Gasteiger charge is -2.39. The van der Waals surface area contributed by atoms with Gasteiger partial charge in [0.05, 0.1) is 5.60 Å². The zero-order valence-corrected chi connectivity index (χ0v) is 13.5. The Balaban J connectivity index is 1.93. The van der Waals surface area contributed by atoms with Crippen molar-refractivity contribution < 1.29 is 5.11 Å². The third kappa shape index (κ3) is 4.30. The lowest BCUT2D eigenvalue weighted by atomic mass is 9.85. The van der Waals surface area contributed by atoms with Crippen LogP contribution in [0, 0.1) is 5.92 Å². The molecule has 1 aliphatic rings. The number of piperidine rings is 1. The van der Waals surface area contributed by atoms with Crippen LogP contribution in [0.5, 0.6) is 0 Å². The van der Waals surface area contributed by atoms with Gasteiger partial charge in [0.25, 0.3) is 0 Å². The highest BCUT2D eigenvalue weighted by Gasteiger charge is 2.32. The second-order valence-electron chi connectivity index (χ2n) is 6.19. The molecule has 1 N–H and O–H groups in total. The zero-order valence-electron chi connectivity index (χ0n) is 11.9. The van der Waals surface area contributed by atoms with Crippen LogP contribution < -0.4 is 0 Å². The van der Waals surface area contributed by atoms with Crippen molar-refractivity contribution in [2.75, 3.05) is 19.6 Å². The van der Waals surface area contributed by atoms with E-state index in [0.29, 0.717) is 5.92 Å². The van der Waals surface area contributed by atoms with Crippen molar-refractivity contribution in [2.24, 2.45) is 5.92 Å². The number of aliphatic hydroxyl groups is 1. The van der Waals surface area contributed by atoms with Crippen LogP contribution in [0.1, 0.15) is 32.3 Å². The lowest BCUT2D eigenvalue weighted by molar-refractivity contribution is -0.0228. The van der Waals surface area contributed by atoms with E-state index in [1.807, 2.05) is 18.2 Å². The Bertz CT molecular complexity index is 411. The number of hydrogen-bond acceptors (Lipinski definition) is 2. The largest absolute Gasteiger partial charge is 0.389 e. The molecular formula is C16H24BrNO. The summed E-state index contributed by atoms with van der Waals surface area (Å²) in [6.07, 6.45) is 2.51. The quantitative estimate of drug-likeness (QED) is 0.916.